The molecule has 112 valence electrons. The quantitative estimate of drug-likeness (QED) is 0.440. The van der Waals surface area contributed by atoms with E-state index in [0.717, 1.165) is 12.8 Å². The van der Waals surface area contributed by atoms with E-state index in [0.29, 0.717) is 10.5 Å². The lowest BCUT2D eigenvalue weighted by Crippen LogP contribution is -3.52. The lowest BCUT2D eigenvalue weighted by atomic mass is 9.96. The van der Waals surface area contributed by atoms with Crippen molar-refractivity contribution in [3.8, 4) is 0 Å². The highest BCUT2D eigenvalue weighted by Gasteiger charge is 2.75. The van der Waals surface area contributed by atoms with Crippen molar-refractivity contribution in [1.29, 1.82) is 0 Å². The van der Waals surface area contributed by atoms with Gasteiger partial charge < -0.3 is 14.9 Å². The Kier molecular flexibility index (Phi) is 5.84. The van der Waals surface area contributed by atoms with E-state index in [1.807, 2.05) is 25.1 Å². The fraction of sp³-hybridized carbons (Fsp3) is 0.625. The Labute approximate surface area is 131 Å². The van der Waals surface area contributed by atoms with Crippen LogP contribution in [-0.2, 0) is 11.3 Å². The maximum absolute atomic E-state index is 9.50. The Balaban J connectivity index is 1.93. The first-order valence-electron chi connectivity index (χ1n) is 7.15. The van der Waals surface area contributed by atoms with E-state index >= 15 is 0 Å². The molecule has 3 nitrogen and oxygen atoms in total. The predicted octanol–water partition coefficient (Wildman–Crippen LogP) is -1.04. The number of halogens is 1. The molecule has 1 saturated heterocycles. The first-order chi connectivity index (χ1) is 9.56. The van der Waals surface area contributed by atoms with Gasteiger partial charge in [-0.05, 0) is 32.3 Å². The maximum Gasteiger partial charge on any atom is 0.294 e. The third-order valence-electron chi connectivity index (χ3n) is 3.86. The molecule has 2 rings (SSSR count). The first-order valence-corrected chi connectivity index (χ1v) is 9.47. The zero-order valence-corrected chi connectivity index (χ0v) is 14.3. The number of alkyl halides is 2. The molecular formula is C16H24IO3+. The molecule has 0 saturated carbocycles. The largest absolute Gasteiger partial charge is 0.393 e. The summed E-state index contributed by atoms with van der Waals surface area (Å²) in [5, 5.41) is 18.9. The van der Waals surface area contributed by atoms with Crippen LogP contribution in [0.4, 0.5) is 0 Å². The second-order valence-corrected chi connectivity index (χ2v) is 10.1. The molecule has 1 aromatic carbocycles. The summed E-state index contributed by atoms with van der Waals surface area (Å²) in [6.45, 7) is 4.95. The van der Waals surface area contributed by atoms with E-state index in [9.17, 15) is 10.2 Å². The Morgan fingerprint density at radius 1 is 1.30 bits per heavy atom. The molecule has 4 heteroatoms. The first kappa shape index (κ1) is 16.2. The second-order valence-electron chi connectivity index (χ2n) is 5.62. The summed E-state index contributed by atoms with van der Waals surface area (Å²) in [4.78, 5) is 0. The van der Waals surface area contributed by atoms with Gasteiger partial charge in [0.05, 0.1) is 19.3 Å². The van der Waals surface area contributed by atoms with E-state index in [2.05, 4.69) is 19.1 Å². The van der Waals surface area contributed by atoms with E-state index in [4.69, 9.17) is 4.74 Å². The Bertz CT molecular complexity index is 409. The average molecular weight is 391 g/mol. The molecule has 0 amide bonds. The molecule has 2 N–H and O–H groups in total. The number of hydrogen-bond acceptors (Lipinski definition) is 3. The van der Waals surface area contributed by atoms with Crippen molar-refractivity contribution in [2.45, 2.75) is 52.9 Å². The van der Waals surface area contributed by atoms with Crippen molar-refractivity contribution < 1.29 is 36.2 Å². The fourth-order valence-electron chi connectivity index (χ4n) is 2.43. The molecule has 1 fully saturated rings. The van der Waals surface area contributed by atoms with Gasteiger partial charge >= 0.3 is 0 Å². The number of aliphatic hydroxyl groups excluding tert-OH is 2. The monoisotopic (exact) mass is 391 g/mol. The summed E-state index contributed by atoms with van der Waals surface area (Å²) in [5.41, 5.74) is 1.18. The molecule has 0 aromatic heterocycles. The third kappa shape index (κ3) is 4.16. The van der Waals surface area contributed by atoms with Crippen LogP contribution in [0, 0.1) is 0 Å². The number of rotatable bonds is 8. The highest BCUT2D eigenvalue weighted by Crippen LogP contribution is 2.23. The van der Waals surface area contributed by atoms with Crippen molar-refractivity contribution in [1.82, 2.24) is 0 Å². The zero-order valence-electron chi connectivity index (χ0n) is 12.1. The molecule has 0 spiro atoms. The number of aliphatic hydroxyl groups is 2. The number of hydrogen-bond donors (Lipinski definition) is 2. The van der Waals surface area contributed by atoms with Crippen LogP contribution in [0.2, 0.25) is 0 Å². The standard InChI is InChI=1S/C16H24IO3/c1-12(19)8-9-15(16(2)14(10-18)17-16)20-11-13-6-4-3-5-7-13/h3-7,12,14-15,18-19H,8-11H2,1-2H3/q+1/t12?,14-,15?,16+/m1/s1. The van der Waals surface area contributed by atoms with Gasteiger partial charge in [0.25, 0.3) is 21.2 Å². The van der Waals surface area contributed by atoms with Crippen LogP contribution < -0.4 is 21.2 Å². The van der Waals surface area contributed by atoms with Gasteiger partial charge in [0, 0.05) is 0 Å². The summed E-state index contributed by atoms with van der Waals surface area (Å²) in [6, 6.07) is 10.2. The Morgan fingerprint density at radius 2 is 2.00 bits per heavy atom. The number of ether oxygens (including phenoxy) is 1. The third-order valence-corrected chi connectivity index (χ3v) is 8.42. The summed E-state index contributed by atoms with van der Waals surface area (Å²) in [6.07, 6.45) is 1.50. The van der Waals surface area contributed by atoms with Gasteiger partial charge in [-0.3, -0.25) is 0 Å². The number of benzene rings is 1. The molecule has 20 heavy (non-hydrogen) atoms. The van der Waals surface area contributed by atoms with Crippen LogP contribution in [0.15, 0.2) is 30.3 Å². The lowest BCUT2D eigenvalue weighted by molar-refractivity contribution is -0.546. The fourth-order valence-corrected chi connectivity index (χ4v) is 5.56. The van der Waals surface area contributed by atoms with Gasteiger partial charge in [0.2, 0.25) is 7.35 Å². The molecule has 0 aliphatic carbocycles. The minimum Gasteiger partial charge on any atom is -0.393 e. The van der Waals surface area contributed by atoms with Crippen molar-refractivity contribution in [2.24, 2.45) is 0 Å². The van der Waals surface area contributed by atoms with Crippen LogP contribution >= 0.6 is 0 Å². The van der Waals surface area contributed by atoms with Gasteiger partial charge in [-0.15, -0.1) is 0 Å². The van der Waals surface area contributed by atoms with Gasteiger partial charge in [-0.1, -0.05) is 30.3 Å². The average Bonchev–Trinajstić information content (AvgIpc) is 3.11. The van der Waals surface area contributed by atoms with Crippen molar-refractivity contribution in [2.75, 3.05) is 6.61 Å². The zero-order chi connectivity index (χ0) is 14.6. The topological polar surface area (TPSA) is 49.7 Å². The highest BCUT2D eigenvalue weighted by molar-refractivity contribution is 5.13. The van der Waals surface area contributed by atoms with Gasteiger partial charge in [0.1, 0.15) is 6.10 Å². The molecule has 2 unspecified atom stereocenters. The summed E-state index contributed by atoms with van der Waals surface area (Å²) >= 11 is 0.0127. The Hall–Kier alpha value is -0.170. The maximum atomic E-state index is 9.50. The van der Waals surface area contributed by atoms with E-state index in [1.54, 1.807) is 0 Å². The van der Waals surface area contributed by atoms with Crippen LogP contribution in [-0.4, -0.2) is 36.4 Å². The van der Waals surface area contributed by atoms with E-state index in [-0.39, 0.29) is 43.4 Å². The minimum absolute atomic E-state index is 0.0127. The van der Waals surface area contributed by atoms with Crippen molar-refractivity contribution in [3.63, 3.8) is 0 Å². The lowest BCUT2D eigenvalue weighted by Gasteiger charge is -2.19. The normalized spacial score (nSPS) is 28.1. The van der Waals surface area contributed by atoms with Crippen molar-refractivity contribution >= 4 is 0 Å². The summed E-state index contributed by atoms with van der Waals surface area (Å²) < 4.78 is 6.78. The molecule has 1 aliphatic rings. The summed E-state index contributed by atoms with van der Waals surface area (Å²) in [5.74, 6) is 0. The molecule has 0 bridgehead atoms. The van der Waals surface area contributed by atoms with Crippen LogP contribution in [0.5, 0.6) is 0 Å². The van der Waals surface area contributed by atoms with E-state index < -0.39 is 0 Å². The van der Waals surface area contributed by atoms with Gasteiger partial charge in [-0.2, -0.15) is 0 Å². The second kappa shape index (κ2) is 7.20. The molecule has 0 radical (unpaired) electrons. The van der Waals surface area contributed by atoms with Gasteiger partial charge in [-0.25, -0.2) is 0 Å². The van der Waals surface area contributed by atoms with Crippen LogP contribution in [0.3, 0.4) is 0 Å². The minimum atomic E-state index is -0.286. The predicted molar refractivity (Wildman–Crippen MR) is 75.2 cm³/mol. The molecule has 1 heterocycles. The SMILES string of the molecule is CC(O)CCC(OCc1ccccc1)[C@@]1(C)[I+][C@@H]1CO. The molecule has 1 aliphatic heterocycles. The smallest absolute Gasteiger partial charge is 0.294 e. The van der Waals surface area contributed by atoms with Gasteiger partial charge in [0.15, 0.2) is 0 Å². The molecular weight excluding hydrogens is 367 g/mol. The summed E-state index contributed by atoms with van der Waals surface area (Å²) in [7, 11) is 0. The molecule has 4 atom stereocenters. The highest BCUT2D eigenvalue weighted by atomic mass is 127. The molecule has 1 aromatic rings. The Morgan fingerprint density at radius 3 is 2.55 bits per heavy atom. The van der Waals surface area contributed by atoms with E-state index in [1.165, 1.54) is 5.56 Å². The van der Waals surface area contributed by atoms with Crippen molar-refractivity contribution in [3.05, 3.63) is 35.9 Å². The van der Waals surface area contributed by atoms with Crippen LogP contribution in [0.1, 0.15) is 32.3 Å². The van der Waals surface area contributed by atoms with Crippen LogP contribution in [0.25, 0.3) is 0 Å².